The molecular formula is C17H16N2O6S2. The topological polar surface area (TPSA) is 116 Å². The van der Waals surface area contributed by atoms with Crippen LogP contribution in [0.4, 0.5) is 0 Å². The molecule has 142 valence electrons. The van der Waals surface area contributed by atoms with Crippen molar-refractivity contribution >= 4 is 46.8 Å². The normalized spacial score (nSPS) is 21.2. The van der Waals surface area contributed by atoms with E-state index < -0.39 is 35.0 Å². The van der Waals surface area contributed by atoms with Crippen LogP contribution in [-0.2, 0) is 20.8 Å². The third kappa shape index (κ3) is 3.62. The molecule has 1 aromatic rings. The van der Waals surface area contributed by atoms with E-state index in [0.29, 0.717) is 11.4 Å². The molecule has 0 saturated carbocycles. The number of nitrogens with zero attached hydrogens (tertiary/aromatic N) is 1. The Balaban J connectivity index is 1.68. The predicted molar refractivity (Wildman–Crippen MR) is 102 cm³/mol. The van der Waals surface area contributed by atoms with Gasteiger partial charge in [0.25, 0.3) is 5.91 Å². The van der Waals surface area contributed by atoms with E-state index in [2.05, 4.69) is 5.32 Å². The second-order valence-electron chi connectivity index (χ2n) is 5.92. The van der Waals surface area contributed by atoms with E-state index in [1.54, 1.807) is 7.11 Å². The molecule has 0 spiro atoms. The lowest BCUT2D eigenvalue weighted by atomic mass is 10.0. The molecule has 0 radical (unpaired) electrons. The van der Waals surface area contributed by atoms with E-state index >= 15 is 0 Å². The Morgan fingerprint density at radius 3 is 2.52 bits per heavy atom. The number of ether oxygens (including phenoxy) is 1. The van der Waals surface area contributed by atoms with Crippen molar-refractivity contribution in [3.63, 3.8) is 0 Å². The Hall–Kier alpha value is -2.59. The van der Waals surface area contributed by atoms with Gasteiger partial charge in [0.15, 0.2) is 0 Å². The summed E-state index contributed by atoms with van der Waals surface area (Å²) in [7, 11) is 1.58. The molecule has 2 heterocycles. The first kappa shape index (κ1) is 19.2. The lowest BCUT2D eigenvalue weighted by molar-refractivity contribution is -0.149. The lowest BCUT2D eigenvalue weighted by Gasteiger charge is -2.49. The van der Waals surface area contributed by atoms with E-state index in [9.17, 15) is 19.5 Å². The molecule has 3 N–H and O–H groups in total. The molecule has 10 heteroatoms. The highest BCUT2D eigenvalue weighted by molar-refractivity contribution is 8.00. The number of rotatable bonds is 6. The Kier molecular flexibility index (Phi) is 5.38. The molecule has 1 amide bonds. The highest BCUT2D eigenvalue weighted by atomic mass is 32.2. The average Bonchev–Trinajstić information content (AvgIpc) is 2.65. The van der Waals surface area contributed by atoms with Gasteiger partial charge in [-0.2, -0.15) is 0 Å². The number of carboxylic acids is 2. The fraction of sp³-hybridized carbons (Fsp3) is 0.294. The van der Waals surface area contributed by atoms with Gasteiger partial charge in [0.2, 0.25) is 0 Å². The van der Waals surface area contributed by atoms with Crippen LogP contribution >= 0.6 is 24.0 Å². The summed E-state index contributed by atoms with van der Waals surface area (Å²) in [4.78, 5) is 36.6. The number of hydrogen-bond donors (Lipinski definition) is 3. The van der Waals surface area contributed by atoms with Crippen molar-refractivity contribution in [3.8, 4) is 5.75 Å². The molecule has 2 aliphatic heterocycles. The maximum atomic E-state index is 12.4. The van der Waals surface area contributed by atoms with Gasteiger partial charge in [-0.25, -0.2) is 9.59 Å². The summed E-state index contributed by atoms with van der Waals surface area (Å²) in [6.07, 6.45) is 0.419. The number of fused-ring (bicyclic) bond motifs is 1. The number of carbonyl (C=O) groups is 3. The zero-order valence-electron chi connectivity index (χ0n) is 14.2. The Bertz CT molecular complexity index is 851. The highest BCUT2D eigenvalue weighted by Crippen LogP contribution is 2.40. The molecule has 27 heavy (non-hydrogen) atoms. The fourth-order valence-electron chi connectivity index (χ4n) is 2.94. The monoisotopic (exact) mass is 408 g/mol. The number of hydrogen-bond acceptors (Lipinski definition) is 6. The molecule has 1 aromatic carbocycles. The zero-order valence-corrected chi connectivity index (χ0v) is 15.8. The van der Waals surface area contributed by atoms with Crippen LogP contribution < -0.4 is 10.1 Å². The zero-order chi connectivity index (χ0) is 19.7. The van der Waals surface area contributed by atoms with Gasteiger partial charge in [-0.3, -0.25) is 9.69 Å². The minimum atomic E-state index is -1.43. The molecule has 0 aromatic heterocycles. The number of methoxy groups -OCH3 is 1. The van der Waals surface area contributed by atoms with Gasteiger partial charge in [0, 0.05) is 12.2 Å². The summed E-state index contributed by atoms with van der Waals surface area (Å²) >= 11 is 6.52. The van der Waals surface area contributed by atoms with Crippen molar-refractivity contribution < 1.29 is 29.3 Å². The van der Waals surface area contributed by atoms with Crippen molar-refractivity contribution in [1.29, 1.82) is 0 Å². The lowest BCUT2D eigenvalue weighted by Crippen LogP contribution is -2.70. The van der Waals surface area contributed by atoms with Crippen molar-refractivity contribution in [2.45, 2.75) is 17.8 Å². The van der Waals surface area contributed by atoms with E-state index in [1.165, 1.54) is 11.8 Å². The van der Waals surface area contributed by atoms with Crippen molar-refractivity contribution in [1.82, 2.24) is 10.2 Å². The maximum absolute atomic E-state index is 12.4. The number of amides is 1. The SMILES string of the molecule is COc1ccc(CC(=S)NC2C(=O)N3C(C(=O)O)=C(C(=O)O)CS[C@H]23)cc1. The Morgan fingerprint density at radius 1 is 1.30 bits per heavy atom. The van der Waals surface area contributed by atoms with Gasteiger partial charge in [0.05, 0.1) is 17.7 Å². The minimum Gasteiger partial charge on any atom is -0.497 e. The molecule has 2 atom stereocenters. The van der Waals surface area contributed by atoms with Gasteiger partial charge in [-0.1, -0.05) is 24.4 Å². The Labute approximate surface area is 164 Å². The first-order valence-corrected chi connectivity index (χ1v) is 9.36. The number of thiocarbonyl (C=S) groups is 1. The summed E-state index contributed by atoms with van der Waals surface area (Å²) in [5.74, 6) is -2.53. The van der Waals surface area contributed by atoms with Crippen LogP contribution in [0.5, 0.6) is 5.75 Å². The number of β-lactam (4-membered cyclic amide) rings is 1. The summed E-state index contributed by atoms with van der Waals surface area (Å²) in [6, 6.07) is 6.67. The van der Waals surface area contributed by atoms with E-state index in [1.807, 2.05) is 24.3 Å². The summed E-state index contributed by atoms with van der Waals surface area (Å²) in [6.45, 7) is 0. The van der Waals surface area contributed by atoms with Gasteiger partial charge in [-0.05, 0) is 17.7 Å². The molecular weight excluding hydrogens is 392 g/mol. The second-order valence-corrected chi connectivity index (χ2v) is 7.52. The number of benzene rings is 1. The third-order valence-corrected chi connectivity index (χ3v) is 5.81. The first-order valence-electron chi connectivity index (χ1n) is 7.90. The van der Waals surface area contributed by atoms with Crippen LogP contribution in [-0.4, -0.2) is 62.2 Å². The molecule has 1 unspecified atom stereocenters. The highest BCUT2D eigenvalue weighted by Gasteiger charge is 2.54. The largest absolute Gasteiger partial charge is 0.497 e. The number of carboxylic acid groups (broad SMARTS) is 2. The number of carbonyl (C=O) groups excluding carboxylic acids is 1. The summed E-state index contributed by atoms with van der Waals surface area (Å²) < 4.78 is 5.10. The third-order valence-electron chi connectivity index (χ3n) is 4.27. The number of nitrogens with one attached hydrogen (secondary N) is 1. The van der Waals surface area contributed by atoms with E-state index in [4.69, 9.17) is 22.1 Å². The van der Waals surface area contributed by atoms with Crippen molar-refractivity contribution in [2.75, 3.05) is 12.9 Å². The number of aliphatic carboxylic acids is 2. The van der Waals surface area contributed by atoms with Crippen LogP contribution in [0.15, 0.2) is 35.5 Å². The molecule has 0 bridgehead atoms. The molecule has 3 rings (SSSR count). The van der Waals surface area contributed by atoms with Crippen molar-refractivity contribution in [2.24, 2.45) is 0 Å². The van der Waals surface area contributed by atoms with Crippen LogP contribution in [0.3, 0.4) is 0 Å². The van der Waals surface area contributed by atoms with Crippen LogP contribution in [0.25, 0.3) is 0 Å². The number of thioether (sulfide) groups is 1. The van der Waals surface area contributed by atoms with Gasteiger partial charge in [0.1, 0.15) is 22.9 Å². The predicted octanol–water partition coefficient (Wildman–Crippen LogP) is 0.862. The second kappa shape index (κ2) is 7.57. The Morgan fingerprint density at radius 2 is 1.96 bits per heavy atom. The molecule has 2 aliphatic rings. The van der Waals surface area contributed by atoms with Crippen LogP contribution in [0.1, 0.15) is 5.56 Å². The summed E-state index contributed by atoms with van der Waals surface area (Å²) in [5.41, 5.74) is 0.194. The van der Waals surface area contributed by atoms with Gasteiger partial charge < -0.3 is 20.3 Å². The van der Waals surface area contributed by atoms with Crippen LogP contribution in [0, 0.1) is 0 Å². The maximum Gasteiger partial charge on any atom is 0.353 e. The quantitative estimate of drug-likeness (QED) is 0.465. The van der Waals surface area contributed by atoms with Gasteiger partial charge in [-0.15, -0.1) is 11.8 Å². The minimum absolute atomic E-state index is 0.00876. The summed E-state index contributed by atoms with van der Waals surface area (Å²) in [5, 5.41) is 21.0. The van der Waals surface area contributed by atoms with Crippen LogP contribution in [0.2, 0.25) is 0 Å². The fourth-order valence-corrected chi connectivity index (χ4v) is 4.56. The van der Waals surface area contributed by atoms with Crippen molar-refractivity contribution in [3.05, 3.63) is 41.1 Å². The van der Waals surface area contributed by atoms with E-state index in [-0.39, 0.29) is 11.3 Å². The first-order chi connectivity index (χ1) is 12.8. The molecule has 1 saturated heterocycles. The smallest absolute Gasteiger partial charge is 0.353 e. The van der Waals surface area contributed by atoms with E-state index in [0.717, 1.165) is 16.2 Å². The molecule has 8 nitrogen and oxygen atoms in total. The molecule has 1 fully saturated rings. The van der Waals surface area contributed by atoms with Gasteiger partial charge >= 0.3 is 11.9 Å². The standard InChI is InChI=1S/C17H16N2O6S2/c1-25-9-4-2-8(3-5-9)6-11(26)18-12-14(20)19-13(17(23)24)10(16(21)22)7-27-15(12)19/h2-5,12,15H,6-7H2,1H3,(H,18,26)(H,21,22)(H,23,24)/t12?,15-/m1/s1. The molecule has 0 aliphatic carbocycles. The average molecular weight is 408 g/mol.